The van der Waals surface area contributed by atoms with Gasteiger partial charge in [0.15, 0.2) is 0 Å². The predicted molar refractivity (Wildman–Crippen MR) is 79.9 cm³/mol. The Bertz CT molecular complexity index is 464. The topological polar surface area (TPSA) is 60.5 Å². The third-order valence-electron chi connectivity index (χ3n) is 2.22. The van der Waals surface area contributed by atoms with Crippen molar-refractivity contribution in [2.75, 3.05) is 25.1 Å². The number of ether oxygens (including phenoxy) is 2. The summed E-state index contributed by atoms with van der Waals surface area (Å²) in [5.41, 5.74) is 1.18. The number of nitrogens with one attached hydrogen (secondary N) is 1. The number of halogens is 3. The van der Waals surface area contributed by atoms with Crippen molar-refractivity contribution in [3.63, 3.8) is 0 Å². The van der Waals surface area contributed by atoms with Crippen LogP contribution >= 0.6 is 34.8 Å². The number of hydrogen-bond acceptors (Lipinski definition) is 4. The molecule has 0 aliphatic rings. The molecule has 0 saturated heterocycles. The maximum absolute atomic E-state index is 11.5. The molecule has 0 saturated carbocycles. The third-order valence-corrected chi connectivity index (χ3v) is 2.73. The fourth-order valence-electron chi connectivity index (χ4n) is 1.33. The van der Waals surface area contributed by atoms with Crippen LogP contribution < -0.4 is 10.1 Å². The number of nitrogens with zero attached hydrogens (tertiary/aromatic N) is 1. The minimum atomic E-state index is -2.01. The summed E-state index contributed by atoms with van der Waals surface area (Å²) in [4.78, 5) is 15.6. The molecule has 0 unspecified atom stereocenters. The number of amides is 1. The molecule has 0 radical (unpaired) electrons. The molecule has 0 aliphatic heterocycles. The molecule has 1 heterocycles. The van der Waals surface area contributed by atoms with Crippen LogP contribution in [0.1, 0.15) is 12.5 Å². The lowest BCUT2D eigenvalue weighted by atomic mass is 10.3. The van der Waals surface area contributed by atoms with E-state index in [0.717, 1.165) is 5.56 Å². The molecule has 20 heavy (non-hydrogen) atoms. The van der Waals surface area contributed by atoms with E-state index in [1.807, 2.05) is 6.92 Å². The van der Waals surface area contributed by atoms with Crippen LogP contribution in [0.3, 0.4) is 0 Å². The van der Waals surface area contributed by atoms with Crippen LogP contribution in [0.4, 0.5) is 5.69 Å². The first-order valence-corrected chi connectivity index (χ1v) is 7.03. The van der Waals surface area contributed by atoms with Crippen LogP contribution in [0.25, 0.3) is 0 Å². The first-order valence-electron chi connectivity index (χ1n) is 5.90. The summed E-state index contributed by atoms with van der Waals surface area (Å²) in [7, 11) is 0. The molecule has 0 atom stereocenters. The monoisotopic (exact) mass is 340 g/mol. The summed E-state index contributed by atoms with van der Waals surface area (Å²) < 4.78 is 8.58. The SMILES string of the molecule is CCOCCOc1ncc(NC(=O)C(Cl)(Cl)Cl)cc1C. The van der Waals surface area contributed by atoms with Crippen molar-refractivity contribution in [1.82, 2.24) is 4.98 Å². The van der Waals surface area contributed by atoms with Gasteiger partial charge in [-0.2, -0.15) is 0 Å². The molecule has 1 N–H and O–H groups in total. The molecule has 0 fully saturated rings. The summed E-state index contributed by atoms with van der Waals surface area (Å²) in [6.45, 7) is 5.24. The van der Waals surface area contributed by atoms with E-state index < -0.39 is 9.70 Å². The molecular formula is C12H15Cl3N2O3. The minimum Gasteiger partial charge on any atom is -0.475 e. The van der Waals surface area contributed by atoms with Gasteiger partial charge in [-0.05, 0) is 19.9 Å². The van der Waals surface area contributed by atoms with E-state index in [1.54, 1.807) is 13.0 Å². The van der Waals surface area contributed by atoms with Gasteiger partial charge in [-0.1, -0.05) is 34.8 Å². The minimum absolute atomic E-state index is 0.404. The molecule has 1 aromatic heterocycles. The van der Waals surface area contributed by atoms with Gasteiger partial charge in [0.05, 0.1) is 18.5 Å². The zero-order valence-electron chi connectivity index (χ0n) is 11.1. The Morgan fingerprint density at radius 3 is 2.65 bits per heavy atom. The van der Waals surface area contributed by atoms with E-state index in [9.17, 15) is 4.79 Å². The van der Waals surface area contributed by atoms with Gasteiger partial charge < -0.3 is 14.8 Å². The van der Waals surface area contributed by atoms with Crippen molar-refractivity contribution in [2.45, 2.75) is 17.6 Å². The fourth-order valence-corrected chi connectivity index (χ4v) is 1.47. The van der Waals surface area contributed by atoms with Gasteiger partial charge in [0.25, 0.3) is 9.70 Å². The Hall–Kier alpha value is -0.750. The molecular weight excluding hydrogens is 327 g/mol. The lowest BCUT2D eigenvalue weighted by Gasteiger charge is -2.13. The van der Waals surface area contributed by atoms with Gasteiger partial charge in [0.1, 0.15) is 6.61 Å². The summed E-state index contributed by atoms with van der Waals surface area (Å²) in [6, 6.07) is 1.68. The van der Waals surface area contributed by atoms with E-state index in [0.29, 0.717) is 31.4 Å². The van der Waals surface area contributed by atoms with Gasteiger partial charge in [-0.3, -0.25) is 4.79 Å². The number of carbonyl (C=O) groups is 1. The summed E-state index contributed by atoms with van der Waals surface area (Å²) in [5.74, 6) is -0.273. The van der Waals surface area contributed by atoms with Gasteiger partial charge in [-0.25, -0.2) is 4.98 Å². The highest BCUT2D eigenvalue weighted by Gasteiger charge is 2.30. The van der Waals surface area contributed by atoms with Crippen LogP contribution in [-0.2, 0) is 9.53 Å². The lowest BCUT2D eigenvalue weighted by Crippen LogP contribution is -2.27. The first kappa shape index (κ1) is 17.3. The Morgan fingerprint density at radius 2 is 2.10 bits per heavy atom. The van der Waals surface area contributed by atoms with E-state index in [4.69, 9.17) is 44.3 Å². The van der Waals surface area contributed by atoms with Crippen molar-refractivity contribution < 1.29 is 14.3 Å². The molecule has 8 heteroatoms. The van der Waals surface area contributed by atoms with Gasteiger partial charge >= 0.3 is 0 Å². The van der Waals surface area contributed by atoms with Crippen LogP contribution in [0.15, 0.2) is 12.3 Å². The quantitative estimate of drug-likeness (QED) is 0.638. The average molecular weight is 342 g/mol. The van der Waals surface area contributed by atoms with E-state index in [-0.39, 0.29) is 0 Å². The van der Waals surface area contributed by atoms with Crippen molar-refractivity contribution in [1.29, 1.82) is 0 Å². The van der Waals surface area contributed by atoms with Crippen LogP contribution in [-0.4, -0.2) is 34.5 Å². The molecule has 112 valence electrons. The molecule has 1 rings (SSSR count). The van der Waals surface area contributed by atoms with Gasteiger partial charge in [0.2, 0.25) is 5.88 Å². The largest absolute Gasteiger partial charge is 0.475 e. The van der Waals surface area contributed by atoms with Gasteiger partial charge in [-0.15, -0.1) is 0 Å². The second-order valence-corrected chi connectivity index (χ2v) is 6.12. The summed E-state index contributed by atoms with van der Waals surface area (Å²) in [6.07, 6.45) is 1.43. The maximum atomic E-state index is 11.5. The third kappa shape index (κ3) is 5.71. The molecule has 1 aromatic rings. The molecule has 0 aromatic carbocycles. The number of anilines is 1. The number of aryl methyl sites for hydroxylation is 1. The number of alkyl halides is 3. The van der Waals surface area contributed by atoms with Crippen molar-refractivity contribution in [2.24, 2.45) is 0 Å². The lowest BCUT2D eigenvalue weighted by molar-refractivity contribution is -0.115. The van der Waals surface area contributed by atoms with Crippen LogP contribution in [0.5, 0.6) is 5.88 Å². The number of rotatable bonds is 6. The zero-order chi connectivity index (χ0) is 15.2. The standard InChI is InChI=1S/C12H15Cl3N2O3/c1-3-19-4-5-20-10-8(2)6-9(7-16-10)17-11(18)12(13,14)15/h6-7H,3-5H2,1-2H3,(H,17,18). The highest BCUT2D eigenvalue weighted by Crippen LogP contribution is 2.28. The molecule has 0 spiro atoms. The predicted octanol–water partition coefficient (Wildman–Crippen LogP) is 3.11. The Morgan fingerprint density at radius 1 is 1.40 bits per heavy atom. The summed E-state index contributed by atoms with van der Waals surface area (Å²) >= 11 is 16.4. The van der Waals surface area contributed by atoms with Crippen LogP contribution in [0, 0.1) is 6.92 Å². The normalized spacial score (nSPS) is 11.2. The first-order chi connectivity index (χ1) is 9.34. The number of pyridine rings is 1. The van der Waals surface area contributed by atoms with Crippen LogP contribution in [0.2, 0.25) is 0 Å². The Balaban J connectivity index is 2.61. The number of aromatic nitrogens is 1. The summed E-state index contributed by atoms with van der Waals surface area (Å²) in [5, 5.41) is 2.45. The molecule has 5 nitrogen and oxygen atoms in total. The maximum Gasteiger partial charge on any atom is 0.276 e. The number of carbonyl (C=O) groups excluding carboxylic acids is 1. The zero-order valence-corrected chi connectivity index (χ0v) is 13.3. The molecule has 0 bridgehead atoms. The van der Waals surface area contributed by atoms with E-state index >= 15 is 0 Å². The fraction of sp³-hybridized carbons (Fsp3) is 0.500. The van der Waals surface area contributed by atoms with Crippen molar-refractivity contribution in [3.8, 4) is 5.88 Å². The molecule has 1 amide bonds. The van der Waals surface area contributed by atoms with Gasteiger partial charge in [0, 0.05) is 12.2 Å². The molecule has 0 aliphatic carbocycles. The van der Waals surface area contributed by atoms with Crippen molar-refractivity contribution in [3.05, 3.63) is 17.8 Å². The smallest absolute Gasteiger partial charge is 0.276 e. The van der Waals surface area contributed by atoms with E-state index in [2.05, 4.69) is 10.3 Å². The Kier molecular flexibility index (Phi) is 6.82. The van der Waals surface area contributed by atoms with Crippen molar-refractivity contribution >= 4 is 46.4 Å². The number of hydrogen-bond donors (Lipinski definition) is 1. The average Bonchev–Trinajstić information content (AvgIpc) is 2.35. The second-order valence-electron chi connectivity index (χ2n) is 3.84. The van der Waals surface area contributed by atoms with E-state index in [1.165, 1.54) is 6.20 Å². The Labute approximate surface area is 132 Å². The second kappa shape index (κ2) is 7.88. The highest BCUT2D eigenvalue weighted by atomic mass is 35.6. The highest BCUT2D eigenvalue weighted by molar-refractivity contribution is 6.76.